The van der Waals surface area contributed by atoms with Crippen LogP contribution in [0.3, 0.4) is 0 Å². The number of halogens is 1. The fourth-order valence-corrected chi connectivity index (χ4v) is 2.40. The zero-order valence-electron chi connectivity index (χ0n) is 11.5. The topological polar surface area (TPSA) is 42.1 Å². The summed E-state index contributed by atoms with van der Waals surface area (Å²) in [5.41, 5.74) is 3.49. The largest absolute Gasteiger partial charge is 0.465 e. The fourth-order valence-electron chi connectivity index (χ4n) is 2.40. The summed E-state index contributed by atoms with van der Waals surface area (Å²) in [6.07, 6.45) is 2.60. The first-order valence-electron chi connectivity index (χ1n) is 6.60. The van der Waals surface area contributed by atoms with Gasteiger partial charge in [-0.05, 0) is 47.9 Å². The molecule has 0 aliphatic rings. The molecule has 1 heterocycles. The van der Waals surface area contributed by atoms with Crippen LogP contribution in [-0.4, -0.2) is 18.1 Å². The Labute approximate surface area is 121 Å². The molecule has 0 unspecified atom stereocenters. The first-order chi connectivity index (χ1) is 10.2. The van der Waals surface area contributed by atoms with E-state index < -0.39 is 0 Å². The van der Waals surface area contributed by atoms with Crippen molar-refractivity contribution in [1.29, 1.82) is 0 Å². The van der Waals surface area contributed by atoms with E-state index in [-0.39, 0.29) is 11.8 Å². The average molecular weight is 283 g/mol. The molecule has 4 heteroatoms. The van der Waals surface area contributed by atoms with Gasteiger partial charge in [-0.2, -0.15) is 0 Å². The number of aromatic nitrogens is 1. The minimum atomic E-state index is -0.343. The third-order valence-electron chi connectivity index (χ3n) is 3.50. The van der Waals surface area contributed by atoms with Gasteiger partial charge in [0.1, 0.15) is 5.82 Å². The third kappa shape index (κ3) is 2.65. The van der Waals surface area contributed by atoms with E-state index in [0.717, 1.165) is 22.0 Å². The van der Waals surface area contributed by atoms with Crippen molar-refractivity contribution < 1.29 is 13.9 Å². The van der Waals surface area contributed by atoms with E-state index in [1.54, 1.807) is 18.2 Å². The molecule has 3 aromatic rings. The highest BCUT2D eigenvalue weighted by molar-refractivity contribution is 5.89. The summed E-state index contributed by atoms with van der Waals surface area (Å²) < 4.78 is 17.8. The molecule has 1 N–H and O–H groups in total. The molecule has 0 bridgehead atoms. The van der Waals surface area contributed by atoms with E-state index in [1.807, 2.05) is 18.3 Å². The fraction of sp³-hybridized carbons (Fsp3) is 0.118. The van der Waals surface area contributed by atoms with Gasteiger partial charge in [-0.25, -0.2) is 9.18 Å². The van der Waals surface area contributed by atoms with Gasteiger partial charge in [-0.3, -0.25) is 0 Å². The highest BCUT2D eigenvalue weighted by Crippen LogP contribution is 2.22. The van der Waals surface area contributed by atoms with Crippen LogP contribution in [0, 0.1) is 5.82 Å². The molecule has 0 aliphatic carbocycles. The number of fused-ring (bicyclic) bond motifs is 1. The standard InChI is InChI=1S/C17H14FNO2/c1-21-17(20)12-4-2-11(3-5-12)8-13-10-19-16-9-14(18)6-7-15(13)16/h2-7,9-10,19H,8H2,1H3. The molecular weight excluding hydrogens is 269 g/mol. The second-order valence-corrected chi connectivity index (χ2v) is 4.87. The number of nitrogens with one attached hydrogen (secondary N) is 1. The van der Waals surface area contributed by atoms with Crippen molar-refractivity contribution in [2.24, 2.45) is 0 Å². The summed E-state index contributed by atoms with van der Waals surface area (Å²) >= 11 is 0. The van der Waals surface area contributed by atoms with Crippen LogP contribution in [0.5, 0.6) is 0 Å². The Hall–Kier alpha value is -2.62. The Balaban J connectivity index is 1.86. The van der Waals surface area contributed by atoms with Crippen LogP contribution >= 0.6 is 0 Å². The predicted molar refractivity (Wildman–Crippen MR) is 78.8 cm³/mol. The maximum Gasteiger partial charge on any atom is 0.337 e. The summed E-state index contributed by atoms with van der Waals surface area (Å²) in [5, 5.41) is 1.01. The SMILES string of the molecule is COC(=O)c1ccc(Cc2c[nH]c3cc(F)ccc23)cc1. The van der Waals surface area contributed by atoms with Gasteiger partial charge in [-0.1, -0.05) is 12.1 Å². The van der Waals surface area contributed by atoms with Gasteiger partial charge in [0, 0.05) is 17.1 Å². The zero-order chi connectivity index (χ0) is 14.8. The number of esters is 1. The number of hydrogen-bond donors (Lipinski definition) is 1. The van der Waals surface area contributed by atoms with Crippen LogP contribution in [0.25, 0.3) is 10.9 Å². The van der Waals surface area contributed by atoms with Crippen molar-refractivity contribution in [1.82, 2.24) is 4.98 Å². The van der Waals surface area contributed by atoms with Crippen LogP contribution in [-0.2, 0) is 11.2 Å². The molecule has 0 spiro atoms. The van der Waals surface area contributed by atoms with Gasteiger partial charge >= 0.3 is 5.97 Å². The van der Waals surface area contributed by atoms with Gasteiger partial charge in [-0.15, -0.1) is 0 Å². The molecular formula is C17H14FNO2. The number of aromatic amines is 1. The van der Waals surface area contributed by atoms with Crippen molar-refractivity contribution in [3.63, 3.8) is 0 Å². The minimum absolute atomic E-state index is 0.252. The Morgan fingerprint density at radius 1 is 1.19 bits per heavy atom. The normalized spacial score (nSPS) is 10.8. The molecule has 0 atom stereocenters. The molecule has 0 fully saturated rings. The number of methoxy groups -OCH3 is 1. The predicted octanol–water partition coefficient (Wildman–Crippen LogP) is 3.68. The lowest BCUT2D eigenvalue weighted by atomic mass is 10.0. The number of carbonyl (C=O) groups excluding carboxylic acids is 1. The first kappa shape index (κ1) is 13.4. The van der Waals surface area contributed by atoms with E-state index in [4.69, 9.17) is 0 Å². The van der Waals surface area contributed by atoms with Gasteiger partial charge in [0.2, 0.25) is 0 Å². The first-order valence-corrected chi connectivity index (χ1v) is 6.60. The smallest absolute Gasteiger partial charge is 0.337 e. The second kappa shape index (κ2) is 5.40. The number of ether oxygens (including phenoxy) is 1. The highest BCUT2D eigenvalue weighted by Gasteiger charge is 2.07. The Kier molecular flexibility index (Phi) is 3.44. The number of H-pyrrole nitrogens is 1. The van der Waals surface area contributed by atoms with Gasteiger partial charge in [0.25, 0.3) is 0 Å². The number of carbonyl (C=O) groups is 1. The maximum absolute atomic E-state index is 13.2. The summed E-state index contributed by atoms with van der Waals surface area (Å²) in [7, 11) is 1.36. The molecule has 106 valence electrons. The summed E-state index contributed by atoms with van der Waals surface area (Å²) in [5.74, 6) is -0.595. The summed E-state index contributed by atoms with van der Waals surface area (Å²) in [4.78, 5) is 14.5. The van der Waals surface area contributed by atoms with E-state index in [2.05, 4.69) is 9.72 Å². The van der Waals surface area contributed by atoms with Crippen LogP contribution in [0.15, 0.2) is 48.7 Å². The molecule has 3 nitrogen and oxygen atoms in total. The van der Waals surface area contributed by atoms with Crippen molar-refractivity contribution >= 4 is 16.9 Å². The molecule has 2 aromatic carbocycles. The molecule has 1 aromatic heterocycles. The molecule has 0 saturated heterocycles. The van der Waals surface area contributed by atoms with Crippen LogP contribution < -0.4 is 0 Å². The lowest BCUT2D eigenvalue weighted by Crippen LogP contribution is -2.00. The molecule has 0 amide bonds. The monoisotopic (exact) mass is 283 g/mol. The summed E-state index contributed by atoms with van der Waals surface area (Å²) in [6, 6.07) is 12.0. The Morgan fingerprint density at radius 3 is 2.67 bits per heavy atom. The molecule has 3 rings (SSSR count). The lowest BCUT2D eigenvalue weighted by molar-refractivity contribution is 0.0600. The molecule has 21 heavy (non-hydrogen) atoms. The maximum atomic E-state index is 13.2. The number of rotatable bonds is 3. The van der Waals surface area contributed by atoms with Crippen molar-refractivity contribution in [3.8, 4) is 0 Å². The highest BCUT2D eigenvalue weighted by atomic mass is 19.1. The Morgan fingerprint density at radius 2 is 1.95 bits per heavy atom. The van der Waals surface area contributed by atoms with Crippen molar-refractivity contribution in [2.45, 2.75) is 6.42 Å². The second-order valence-electron chi connectivity index (χ2n) is 4.87. The van der Waals surface area contributed by atoms with E-state index in [0.29, 0.717) is 12.0 Å². The zero-order valence-corrected chi connectivity index (χ0v) is 11.5. The van der Waals surface area contributed by atoms with Crippen molar-refractivity contribution in [2.75, 3.05) is 7.11 Å². The van der Waals surface area contributed by atoms with Gasteiger partial charge in [0.15, 0.2) is 0 Å². The third-order valence-corrected chi connectivity index (χ3v) is 3.50. The van der Waals surface area contributed by atoms with Crippen LogP contribution in [0.4, 0.5) is 4.39 Å². The van der Waals surface area contributed by atoms with Gasteiger partial charge in [0.05, 0.1) is 12.7 Å². The van der Waals surface area contributed by atoms with Gasteiger partial charge < -0.3 is 9.72 Å². The van der Waals surface area contributed by atoms with Crippen molar-refractivity contribution in [3.05, 3.63) is 71.2 Å². The number of benzene rings is 2. The Bertz CT molecular complexity index is 790. The number of hydrogen-bond acceptors (Lipinski definition) is 2. The van der Waals surface area contributed by atoms with Crippen LogP contribution in [0.2, 0.25) is 0 Å². The molecule has 0 radical (unpaired) electrons. The van der Waals surface area contributed by atoms with Crippen LogP contribution in [0.1, 0.15) is 21.5 Å². The minimum Gasteiger partial charge on any atom is -0.465 e. The lowest BCUT2D eigenvalue weighted by Gasteiger charge is -2.03. The van der Waals surface area contributed by atoms with E-state index in [9.17, 15) is 9.18 Å². The molecule has 0 aliphatic heterocycles. The van der Waals surface area contributed by atoms with E-state index >= 15 is 0 Å². The van der Waals surface area contributed by atoms with E-state index in [1.165, 1.54) is 19.2 Å². The molecule has 0 saturated carbocycles. The quantitative estimate of drug-likeness (QED) is 0.745. The average Bonchev–Trinajstić information content (AvgIpc) is 2.89. The summed E-state index contributed by atoms with van der Waals surface area (Å²) in [6.45, 7) is 0.